The normalized spacial score (nSPS) is 15.8. The van der Waals surface area contributed by atoms with E-state index in [1.54, 1.807) is 4.68 Å². The van der Waals surface area contributed by atoms with E-state index < -0.39 is 0 Å². The van der Waals surface area contributed by atoms with Gasteiger partial charge in [-0.25, -0.2) is 4.68 Å². The van der Waals surface area contributed by atoms with E-state index in [9.17, 15) is 4.79 Å². The molecule has 0 atom stereocenters. The van der Waals surface area contributed by atoms with Crippen molar-refractivity contribution in [3.05, 3.63) is 88.3 Å². The van der Waals surface area contributed by atoms with Crippen LogP contribution in [0.15, 0.2) is 71.5 Å². The maximum atomic E-state index is 12.8. The van der Waals surface area contributed by atoms with Crippen LogP contribution in [-0.2, 0) is 13.2 Å². The van der Waals surface area contributed by atoms with Gasteiger partial charge in [-0.2, -0.15) is 5.10 Å². The highest BCUT2D eigenvalue weighted by atomic mass is 16.1. The third-order valence-electron chi connectivity index (χ3n) is 6.13. The van der Waals surface area contributed by atoms with Gasteiger partial charge in [0, 0.05) is 38.1 Å². The summed E-state index contributed by atoms with van der Waals surface area (Å²) in [5, 5.41) is 8.89. The first-order valence-electron chi connectivity index (χ1n) is 10.6. The van der Waals surface area contributed by atoms with Gasteiger partial charge in [0.25, 0.3) is 5.56 Å². The van der Waals surface area contributed by atoms with Crippen molar-refractivity contribution in [1.29, 1.82) is 0 Å². The summed E-state index contributed by atoms with van der Waals surface area (Å²) in [7, 11) is 0. The highest BCUT2D eigenvalue weighted by Gasteiger charge is 2.19. The minimum Gasteiger partial charge on any atom is -0.297 e. The summed E-state index contributed by atoms with van der Waals surface area (Å²) >= 11 is 0. The number of fused-ring (bicyclic) bond motifs is 2. The monoisotopic (exact) mass is 398 g/mol. The van der Waals surface area contributed by atoms with Crippen molar-refractivity contribution >= 4 is 21.5 Å². The zero-order valence-electron chi connectivity index (χ0n) is 17.3. The van der Waals surface area contributed by atoms with E-state index in [-0.39, 0.29) is 5.56 Å². The van der Waals surface area contributed by atoms with Gasteiger partial charge in [0.2, 0.25) is 0 Å². The van der Waals surface area contributed by atoms with Crippen molar-refractivity contribution in [3.8, 4) is 0 Å². The SMILES string of the molecule is Cc1nn(CN2CCN(Cc3cccc4ccccc34)CC2)c(=O)c2ccccc12. The van der Waals surface area contributed by atoms with E-state index in [0.717, 1.165) is 49.2 Å². The van der Waals surface area contributed by atoms with E-state index >= 15 is 0 Å². The standard InChI is InChI=1S/C25H26N4O/c1-19-22-10-4-5-12-24(22)25(30)29(26-19)18-28-15-13-27(14-16-28)17-21-9-6-8-20-7-2-3-11-23(20)21/h2-12H,13-18H2,1H3. The number of benzene rings is 3. The Morgan fingerprint density at radius 3 is 2.20 bits per heavy atom. The summed E-state index contributed by atoms with van der Waals surface area (Å²) in [5.74, 6) is 0. The van der Waals surface area contributed by atoms with Crippen LogP contribution in [0.4, 0.5) is 0 Å². The van der Waals surface area contributed by atoms with Gasteiger partial charge in [0.1, 0.15) is 0 Å². The van der Waals surface area contributed by atoms with Crippen LogP contribution in [0, 0.1) is 6.92 Å². The lowest BCUT2D eigenvalue weighted by Gasteiger charge is -2.34. The largest absolute Gasteiger partial charge is 0.297 e. The molecule has 152 valence electrons. The van der Waals surface area contributed by atoms with Crippen LogP contribution in [0.1, 0.15) is 11.3 Å². The molecule has 5 rings (SSSR count). The molecule has 0 amide bonds. The molecule has 4 aromatic rings. The van der Waals surface area contributed by atoms with Gasteiger partial charge < -0.3 is 0 Å². The first-order chi connectivity index (χ1) is 14.7. The number of hydrogen-bond donors (Lipinski definition) is 0. The fourth-order valence-electron chi connectivity index (χ4n) is 4.45. The van der Waals surface area contributed by atoms with Gasteiger partial charge in [-0.3, -0.25) is 14.6 Å². The Balaban J connectivity index is 1.27. The second kappa shape index (κ2) is 8.01. The first kappa shape index (κ1) is 19.0. The van der Waals surface area contributed by atoms with Crippen LogP contribution < -0.4 is 5.56 Å². The zero-order chi connectivity index (χ0) is 20.5. The molecule has 1 aliphatic heterocycles. The van der Waals surface area contributed by atoms with Gasteiger partial charge in [-0.1, -0.05) is 60.7 Å². The summed E-state index contributed by atoms with van der Waals surface area (Å²) < 4.78 is 1.62. The molecule has 1 fully saturated rings. The average Bonchev–Trinajstić information content (AvgIpc) is 2.79. The van der Waals surface area contributed by atoms with E-state index in [0.29, 0.717) is 6.67 Å². The maximum absolute atomic E-state index is 12.8. The molecule has 0 N–H and O–H groups in total. The molecular weight excluding hydrogens is 372 g/mol. The molecule has 0 bridgehead atoms. The zero-order valence-corrected chi connectivity index (χ0v) is 17.3. The molecule has 3 aromatic carbocycles. The molecule has 2 heterocycles. The number of piperazine rings is 1. The quantitative estimate of drug-likeness (QED) is 0.526. The molecule has 1 aromatic heterocycles. The van der Waals surface area contributed by atoms with Gasteiger partial charge in [0.15, 0.2) is 0 Å². The molecule has 1 aliphatic rings. The van der Waals surface area contributed by atoms with Crippen molar-refractivity contribution in [1.82, 2.24) is 19.6 Å². The number of rotatable bonds is 4. The molecule has 1 saturated heterocycles. The van der Waals surface area contributed by atoms with Crippen molar-refractivity contribution in [2.75, 3.05) is 26.2 Å². The Kier molecular flexibility index (Phi) is 5.07. The molecule has 0 aliphatic carbocycles. The van der Waals surface area contributed by atoms with Crippen LogP contribution in [0.25, 0.3) is 21.5 Å². The van der Waals surface area contributed by atoms with Crippen LogP contribution in [-0.4, -0.2) is 45.8 Å². The lowest BCUT2D eigenvalue weighted by atomic mass is 10.0. The Hall–Kier alpha value is -3.02. The Morgan fingerprint density at radius 2 is 1.40 bits per heavy atom. The summed E-state index contributed by atoms with van der Waals surface area (Å²) in [5.41, 5.74) is 2.28. The maximum Gasteiger partial charge on any atom is 0.275 e. The summed E-state index contributed by atoms with van der Waals surface area (Å²) in [6.45, 7) is 7.33. The number of hydrogen-bond acceptors (Lipinski definition) is 4. The molecule has 5 nitrogen and oxygen atoms in total. The number of nitrogens with zero attached hydrogens (tertiary/aromatic N) is 4. The molecular formula is C25H26N4O. The van der Waals surface area contributed by atoms with Gasteiger partial charge in [-0.05, 0) is 29.3 Å². The average molecular weight is 399 g/mol. The molecule has 0 unspecified atom stereocenters. The fourth-order valence-corrected chi connectivity index (χ4v) is 4.45. The topological polar surface area (TPSA) is 41.4 Å². The number of aromatic nitrogens is 2. The minimum absolute atomic E-state index is 0.00520. The fraction of sp³-hybridized carbons (Fsp3) is 0.280. The van der Waals surface area contributed by atoms with Crippen LogP contribution >= 0.6 is 0 Å². The lowest BCUT2D eigenvalue weighted by molar-refractivity contribution is 0.0973. The van der Waals surface area contributed by atoms with Crippen molar-refractivity contribution < 1.29 is 0 Å². The van der Waals surface area contributed by atoms with E-state index in [4.69, 9.17) is 0 Å². The highest BCUT2D eigenvalue weighted by molar-refractivity contribution is 5.85. The van der Waals surface area contributed by atoms with Crippen molar-refractivity contribution in [3.63, 3.8) is 0 Å². The van der Waals surface area contributed by atoms with E-state index in [1.807, 2.05) is 31.2 Å². The summed E-state index contributed by atoms with van der Waals surface area (Å²) in [6.07, 6.45) is 0. The summed E-state index contributed by atoms with van der Waals surface area (Å²) in [4.78, 5) is 17.7. The molecule has 0 saturated carbocycles. The molecule has 0 radical (unpaired) electrons. The minimum atomic E-state index is -0.00520. The summed E-state index contributed by atoms with van der Waals surface area (Å²) in [6, 6.07) is 22.9. The van der Waals surface area contributed by atoms with E-state index in [1.165, 1.54) is 16.3 Å². The molecule has 5 heteroatoms. The van der Waals surface area contributed by atoms with Gasteiger partial charge in [-0.15, -0.1) is 0 Å². The van der Waals surface area contributed by atoms with Crippen LogP contribution in [0.2, 0.25) is 0 Å². The second-order valence-corrected chi connectivity index (χ2v) is 8.11. The van der Waals surface area contributed by atoms with Gasteiger partial charge in [0.05, 0.1) is 17.7 Å². The Morgan fingerprint density at radius 1 is 0.767 bits per heavy atom. The van der Waals surface area contributed by atoms with Crippen LogP contribution in [0.5, 0.6) is 0 Å². The highest BCUT2D eigenvalue weighted by Crippen LogP contribution is 2.20. The lowest BCUT2D eigenvalue weighted by Crippen LogP contribution is -2.47. The van der Waals surface area contributed by atoms with Crippen molar-refractivity contribution in [2.45, 2.75) is 20.1 Å². The van der Waals surface area contributed by atoms with E-state index in [2.05, 4.69) is 57.4 Å². The Bertz CT molecular complexity index is 1250. The third-order valence-corrected chi connectivity index (χ3v) is 6.13. The van der Waals surface area contributed by atoms with Gasteiger partial charge >= 0.3 is 0 Å². The second-order valence-electron chi connectivity index (χ2n) is 8.11. The van der Waals surface area contributed by atoms with Crippen LogP contribution in [0.3, 0.4) is 0 Å². The smallest absolute Gasteiger partial charge is 0.275 e. The number of aryl methyl sites for hydroxylation is 1. The predicted octanol–water partition coefficient (Wildman–Crippen LogP) is 3.63. The Labute approximate surface area is 176 Å². The van der Waals surface area contributed by atoms with Crippen molar-refractivity contribution in [2.24, 2.45) is 0 Å². The molecule has 0 spiro atoms. The predicted molar refractivity (Wildman–Crippen MR) is 122 cm³/mol. The first-order valence-corrected chi connectivity index (χ1v) is 10.6. The molecule has 30 heavy (non-hydrogen) atoms. The third kappa shape index (κ3) is 3.62.